The van der Waals surface area contributed by atoms with Crippen molar-refractivity contribution in [2.45, 2.75) is 6.82 Å². The van der Waals surface area contributed by atoms with Crippen LogP contribution in [0.15, 0.2) is 18.7 Å². The number of hydrogen-bond donors (Lipinski definition) is 0. The summed E-state index contributed by atoms with van der Waals surface area (Å²) in [6.07, 6.45) is 3.46. The molecule has 0 aliphatic rings. The SMILES string of the molecule is C=CC=[C+][B-]C. The van der Waals surface area contributed by atoms with Gasteiger partial charge in [0.15, 0.2) is 0 Å². The largest absolute Gasteiger partial charge is 0.250 e. The van der Waals surface area contributed by atoms with Gasteiger partial charge in [0, 0.05) is 0 Å². The van der Waals surface area contributed by atoms with Gasteiger partial charge in [-0.2, -0.15) is 0 Å². The molecule has 0 aromatic carbocycles. The van der Waals surface area contributed by atoms with Gasteiger partial charge < -0.3 is 0 Å². The van der Waals surface area contributed by atoms with E-state index < -0.39 is 0 Å². The third kappa shape index (κ3) is 3.45. The lowest BCUT2D eigenvalue weighted by Gasteiger charge is -1.72. The first-order valence-electron chi connectivity index (χ1n) is 1.90. The highest BCUT2D eigenvalue weighted by atomic mass is 13.5. The van der Waals surface area contributed by atoms with Crippen LogP contribution in [0.4, 0.5) is 0 Å². The van der Waals surface area contributed by atoms with E-state index in [1.165, 1.54) is 0 Å². The molecule has 0 bridgehead atoms. The second-order valence-electron chi connectivity index (χ2n) is 0.858. The van der Waals surface area contributed by atoms with Gasteiger partial charge in [-0.15, -0.1) is 0 Å². The molecule has 0 rings (SSSR count). The summed E-state index contributed by atoms with van der Waals surface area (Å²) in [5, 5.41) is 0. The molecule has 0 unspecified atom stereocenters. The Morgan fingerprint density at radius 1 is 1.83 bits per heavy atom. The molecule has 0 saturated heterocycles. The van der Waals surface area contributed by atoms with E-state index in [1.807, 2.05) is 14.1 Å². The Bertz CT molecular complexity index is 55.0. The van der Waals surface area contributed by atoms with Gasteiger partial charge in [0.05, 0.1) is 12.2 Å². The average molecular weight is 77.9 g/mol. The fourth-order valence-electron chi connectivity index (χ4n) is 0.164. The van der Waals surface area contributed by atoms with Gasteiger partial charge in [-0.05, 0) is 6.58 Å². The molecular weight excluding hydrogens is 70.9 g/mol. The third-order valence-corrected chi connectivity index (χ3v) is 0.381. The maximum Gasteiger partial charge on any atom is 0.0964 e. The highest BCUT2D eigenvalue weighted by Gasteiger charge is 1.55. The summed E-state index contributed by atoms with van der Waals surface area (Å²) in [6.45, 7) is 5.38. The third-order valence-electron chi connectivity index (χ3n) is 0.381. The van der Waals surface area contributed by atoms with E-state index in [4.69, 9.17) is 0 Å². The van der Waals surface area contributed by atoms with Crippen molar-refractivity contribution in [1.82, 2.24) is 0 Å². The van der Waals surface area contributed by atoms with Crippen molar-refractivity contribution >= 4 is 7.28 Å². The molecule has 0 saturated carbocycles. The van der Waals surface area contributed by atoms with Crippen LogP contribution < -0.4 is 0 Å². The first-order valence-corrected chi connectivity index (χ1v) is 1.90. The maximum absolute atomic E-state index is 3.46. The summed E-state index contributed by atoms with van der Waals surface area (Å²) in [4.78, 5) is 0. The standard InChI is InChI=1S/C5H7B/c1-3-4-5-6-2/h3-4H,1H2,2H3. The van der Waals surface area contributed by atoms with Gasteiger partial charge in [0.25, 0.3) is 0 Å². The van der Waals surface area contributed by atoms with Crippen molar-refractivity contribution in [2.75, 3.05) is 0 Å². The number of hydrogen-bond acceptors (Lipinski definition) is 0. The van der Waals surface area contributed by atoms with E-state index in [9.17, 15) is 0 Å². The minimum absolute atomic E-state index is 1.69. The van der Waals surface area contributed by atoms with Crippen LogP contribution in [-0.2, 0) is 0 Å². The van der Waals surface area contributed by atoms with Crippen LogP contribution >= 0.6 is 0 Å². The molecule has 0 aliphatic carbocycles. The molecule has 0 aliphatic heterocycles. The van der Waals surface area contributed by atoms with Crippen molar-refractivity contribution in [3.63, 3.8) is 0 Å². The van der Waals surface area contributed by atoms with Crippen LogP contribution in [-0.4, -0.2) is 7.28 Å². The van der Waals surface area contributed by atoms with E-state index in [0.29, 0.717) is 0 Å². The molecule has 0 heterocycles. The van der Waals surface area contributed by atoms with E-state index >= 15 is 0 Å². The topological polar surface area (TPSA) is 0 Å². The summed E-state index contributed by atoms with van der Waals surface area (Å²) in [5.74, 6) is 2.83. The zero-order chi connectivity index (χ0) is 4.83. The van der Waals surface area contributed by atoms with E-state index in [1.54, 1.807) is 12.2 Å². The monoisotopic (exact) mass is 78.1 g/mol. The molecule has 0 spiro atoms. The van der Waals surface area contributed by atoms with Gasteiger partial charge in [0.2, 0.25) is 0 Å². The van der Waals surface area contributed by atoms with E-state index in [0.717, 1.165) is 0 Å². The van der Waals surface area contributed by atoms with E-state index in [2.05, 4.69) is 12.6 Å². The van der Waals surface area contributed by atoms with Crippen molar-refractivity contribution in [3.8, 4) is 0 Å². The second-order valence-corrected chi connectivity index (χ2v) is 0.858. The van der Waals surface area contributed by atoms with Gasteiger partial charge >= 0.3 is 0 Å². The summed E-state index contributed by atoms with van der Waals surface area (Å²) < 4.78 is 0. The predicted molar refractivity (Wildman–Crippen MR) is 29.6 cm³/mol. The summed E-state index contributed by atoms with van der Waals surface area (Å²) in [6, 6.07) is 0. The summed E-state index contributed by atoms with van der Waals surface area (Å²) in [5.41, 5.74) is 0. The molecule has 0 nitrogen and oxygen atoms in total. The minimum atomic E-state index is 1.69. The number of allylic oxidation sites excluding steroid dienone is 2. The van der Waals surface area contributed by atoms with Gasteiger partial charge in [-0.1, -0.05) is 7.28 Å². The first kappa shape index (κ1) is 5.45. The Hall–Kier alpha value is -0.545. The molecule has 2 radical (unpaired) electrons. The highest BCUT2D eigenvalue weighted by Crippen LogP contribution is 1.65. The van der Waals surface area contributed by atoms with Crippen molar-refractivity contribution in [2.24, 2.45) is 0 Å². The molecule has 0 amide bonds. The molecule has 0 atom stereocenters. The summed E-state index contributed by atoms with van der Waals surface area (Å²) >= 11 is 0. The lowest BCUT2D eigenvalue weighted by molar-refractivity contribution is 2.02. The van der Waals surface area contributed by atoms with Crippen LogP contribution in [0.2, 0.25) is 6.82 Å². The average Bonchev–Trinajstić information content (AvgIpc) is 1.61. The van der Waals surface area contributed by atoms with Crippen molar-refractivity contribution in [3.05, 3.63) is 24.7 Å². The fraction of sp³-hybridized carbons (Fsp3) is 0.200. The number of rotatable bonds is 2. The Labute approximate surface area is 39.8 Å². The molecule has 0 aromatic rings. The van der Waals surface area contributed by atoms with Crippen LogP contribution in [0.25, 0.3) is 0 Å². The second kappa shape index (κ2) is 4.45. The van der Waals surface area contributed by atoms with Gasteiger partial charge in [-0.25, -0.2) is 12.8 Å². The zero-order valence-corrected chi connectivity index (χ0v) is 3.94. The lowest BCUT2D eigenvalue weighted by Crippen LogP contribution is -1.67. The van der Waals surface area contributed by atoms with Gasteiger partial charge in [0.1, 0.15) is 0 Å². The smallest absolute Gasteiger partial charge is 0.0964 e. The minimum Gasteiger partial charge on any atom is -0.250 e. The molecule has 0 fully saturated rings. The Morgan fingerprint density at radius 2 is 2.50 bits per heavy atom. The molecule has 1 heteroatoms. The van der Waals surface area contributed by atoms with Crippen LogP contribution in [0, 0.1) is 5.98 Å². The van der Waals surface area contributed by atoms with Crippen LogP contribution in [0.1, 0.15) is 0 Å². The van der Waals surface area contributed by atoms with Crippen molar-refractivity contribution < 1.29 is 0 Å². The first-order chi connectivity index (χ1) is 2.91. The fourth-order valence-corrected chi connectivity index (χ4v) is 0.164. The van der Waals surface area contributed by atoms with E-state index in [-0.39, 0.29) is 0 Å². The van der Waals surface area contributed by atoms with Gasteiger partial charge in [-0.3, -0.25) is 0 Å². The zero-order valence-electron chi connectivity index (χ0n) is 3.94. The Morgan fingerprint density at radius 3 is 2.67 bits per heavy atom. The Balaban J connectivity index is 2.94. The molecule has 0 aromatic heterocycles. The molecular formula is C5H7B. The van der Waals surface area contributed by atoms with Crippen LogP contribution in [0.5, 0.6) is 0 Å². The maximum atomic E-state index is 3.46. The molecule has 6 heavy (non-hydrogen) atoms. The van der Waals surface area contributed by atoms with Crippen LogP contribution in [0.3, 0.4) is 0 Å². The van der Waals surface area contributed by atoms with Crippen molar-refractivity contribution in [1.29, 1.82) is 0 Å². The predicted octanol–water partition coefficient (Wildman–Crippen LogP) is 1.24. The Kier molecular flexibility index (Phi) is 4.05. The normalized spacial score (nSPS) is 8.17. The summed E-state index contributed by atoms with van der Waals surface area (Å²) in [7, 11) is 1.84. The lowest BCUT2D eigenvalue weighted by atomic mass is 9.83. The highest BCUT2D eigenvalue weighted by molar-refractivity contribution is 6.37. The molecule has 30 valence electrons. The molecule has 0 N–H and O–H groups in total. The quantitative estimate of drug-likeness (QED) is 0.265.